The van der Waals surface area contributed by atoms with Gasteiger partial charge >= 0.3 is 5.97 Å². The molecule has 2 aromatic carbocycles. The van der Waals surface area contributed by atoms with Crippen molar-refractivity contribution in [2.75, 3.05) is 11.9 Å². The molecule has 7 heteroatoms. The van der Waals surface area contributed by atoms with Crippen LogP contribution in [0, 0.1) is 0 Å². The van der Waals surface area contributed by atoms with E-state index in [0.717, 1.165) is 0 Å². The van der Waals surface area contributed by atoms with Gasteiger partial charge in [0.1, 0.15) is 17.1 Å². The highest BCUT2D eigenvalue weighted by Gasteiger charge is 2.14. The first kappa shape index (κ1) is 16.3. The number of benzene rings is 2. The van der Waals surface area contributed by atoms with E-state index in [9.17, 15) is 15.0 Å². The molecular formula is C15H13Cl2NO4. The minimum atomic E-state index is -1.20. The van der Waals surface area contributed by atoms with Gasteiger partial charge in [0.15, 0.2) is 0 Å². The summed E-state index contributed by atoms with van der Waals surface area (Å²) in [6, 6.07) is 7.24. The zero-order chi connectivity index (χ0) is 16.4. The van der Waals surface area contributed by atoms with Crippen molar-refractivity contribution in [2.24, 2.45) is 0 Å². The summed E-state index contributed by atoms with van der Waals surface area (Å²) < 4.78 is 0. The molecule has 0 aliphatic heterocycles. The molecule has 3 N–H and O–H groups in total. The summed E-state index contributed by atoms with van der Waals surface area (Å²) in [5, 5.41) is 29.1. The molecule has 0 saturated carbocycles. The third kappa shape index (κ3) is 3.37. The van der Waals surface area contributed by atoms with E-state index in [1.165, 1.54) is 18.2 Å². The number of nitrogens with zero attached hydrogens (tertiary/aromatic N) is 1. The van der Waals surface area contributed by atoms with Crippen LogP contribution in [0.2, 0.25) is 10.0 Å². The van der Waals surface area contributed by atoms with Crippen LogP contribution in [0.5, 0.6) is 11.5 Å². The lowest BCUT2D eigenvalue weighted by molar-refractivity contribution is 0.0694. The summed E-state index contributed by atoms with van der Waals surface area (Å²) >= 11 is 11.8. The first-order chi connectivity index (χ1) is 10.3. The van der Waals surface area contributed by atoms with Gasteiger partial charge in [0.05, 0.1) is 5.02 Å². The van der Waals surface area contributed by atoms with E-state index in [2.05, 4.69) is 0 Å². The molecule has 22 heavy (non-hydrogen) atoms. The van der Waals surface area contributed by atoms with Crippen LogP contribution < -0.4 is 4.90 Å². The van der Waals surface area contributed by atoms with E-state index in [-0.39, 0.29) is 28.6 Å². The smallest absolute Gasteiger partial charge is 0.339 e. The van der Waals surface area contributed by atoms with Crippen LogP contribution in [-0.2, 0) is 6.54 Å². The molecule has 0 aliphatic carbocycles. The number of hydrogen-bond donors (Lipinski definition) is 3. The van der Waals surface area contributed by atoms with Gasteiger partial charge in [-0.15, -0.1) is 0 Å². The summed E-state index contributed by atoms with van der Waals surface area (Å²) in [7, 11) is 1.73. The second kappa shape index (κ2) is 6.34. The van der Waals surface area contributed by atoms with Gasteiger partial charge in [-0.2, -0.15) is 0 Å². The first-order valence-corrected chi connectivity index (χ1v) is 6.99. The number of hydrogen-bond acceptors (Lipinski definition) is 4. The van der Waals surface area contributed by atoms with Crippen LogP contribution in [-0.4, -0.2) is 28.3 Å². The van der Waals surface area contributed by atoms with Gasteiger partial charge < -0.3 is 20.2 Å². The maximum Gasteiger partial charge on any atom is 0.339 e. The van der Waals surface area contributed by atoms with Crippen molar-refractivity contribution in [1.82, 2.24) is 0 Å². The topological polar surface area (TPSA) is 81.0 Å². The molecule has 0 saturated heterocycles. The fraction of sp³-hybridized carbons (Fsp3) is 0.133. The Hall–Kier alpha value is -2.11. The molecule has 0 radical (unpaired) electrons. The predicted octanol–water partition coefficient (Wildman–Crippen LogP) is 3.74. The van der Waals surface area contributed by atoms with Crippen molar-refractivity contribution in [3.63, 3.8) is 0 Å². The average molecular weight is 342 g/mol. The van der Waals surface area contributed by atoms with Crippen molar-refractivity contribution in [3.05, 3.63) is 51.5 Å². The number of aromatic hydroxyl groups is 2. The van der Waals surface area contributed by atoms with Crippen LogP contribution >= 0.6 is 23.2 Å². The number of aromatic carboxylic acids is 1. The Kier molecular flexibility index (Phi) is 4.68. The second-order valence-electron chi connectivity index (χ2n) is 4.76. The fourth-order valence-corrected chi connectivity index (χ4v) is 2.56. The van der Waals surface area contributed by atoms with Crippen molar-refractivity contribution in [1.29, 1.82) is 0 Å². The zero-order valence-electron chi connectivity index (χ0n) is 11.5. The Bertz CT molecular complexity index is 734. The molecule has 0 unspecified atom stereocenters. The third-order valence-corrected chi connectivity index (χ3v) is 3.67. The Morgan fingerprint density at radius 2 is 1.86 bits per heavy atom. The lowest BCUT2D eigenvalue weighted by atomic mass is 10.1. The van der Waals surface area contributed by atoms with E-state index in [1.54, 1.807) is 24.1 Å². The number of carbonyl (C=O) groups is 1. The number of halogens is 2. The molecule has 0 heterocycles. The standard InChI is InChI=1S/C15H13Cl2NO4/c1-18(7-8-4-9(16)5-12(17)14(8)20)10-2-3-11(15(21)22)13(19)6-10/h2-6,19-20H,7H2,1H3,(H,21,22). The molecule has 0 fully saturated rings. The highest BCUT2D eigenvalue weighted by molar-refractivity contribution is 6.35. The molecule has 0 atom stereocenters. The number of anilines is 1. The number of phenolic OH excluding ortho intramolecular Hbond substituents is 1. The minimum absolute atomic E-state index is 0.0655. The van der Waals surface area contributed by atoms with Crippen LogP contribution in [0.3, 0.4) is 0 Å². The van der Waals surface area contributed by atoms with Gasteiger partial charge in [0.25, 0.3) is 0 Å². The molecule has 2 aromatic rings. The summed E-state index contributed by atoms with van der Waals surface area (Å²) in [4.78, 5) is 12.6. The molecular weight excluding hydrogens is 329 g/mol. The maximum absolute atomic E-state index is 10.9. The van der Waals surface area contributed by atoms with Crippen LogP contribution in [0.1, 0.15) is 15.9 Å². The van der Waals surface area contributed by atoms with Gasteiger partial charge in [-0.05, 0) is 24.3 Å². The van der Waals surface area contributed by atoms with Gasteiger partial charge in [-0.25, -0.2) is 4.79 Å². The predicted molar refractivity (Wildman–Crippen MR) is 85.3 cm³/mol. The summed E-state index contributed by atoms with van der Waals surface area (Å²) in [5.74, 6) is -1.60. The number of phenols is 2. The van der Waals surface area contributed by atoms with E-state index < -0.39 is 5.97 Å². The zero-order valence-corrected chi connectivity index (χ0v) is 13.1. The summed E-state index contributed by atoms with van der Waals surface area (Å²) in [6.07, 6.45) is 0. The second-order valence-corrected chi connectivity index (χ2v) is 5.60. The lowest BCUT2D eigenvalue weighted by Crippen LogP contribution is -2.16. The molecule has 2 rings (SSSR count). The fourth-order valence-electron chi connectivity index (χ4n) is 2.02. The Balaban J connectivity index is 2.28. The van der Waals surface area contributed by atoms with Crippen molar-refractivity contribution in [3.8, 4) is 11.5 Å². The van der Waals surface area contributed by atoms with Gasteiger partial charge in [-0.1, -0.05) is 23.2 Å². The number of carboxylic acid groups (broad SMARTS) is 1. The maximum atomic E-state index is 10.9. The van der Waals surface area contributed by atoms with Crippen LogP contribution in [0.15, 0.2) is 30.3 Å². The highest BCUT2D eigenvalue weighted by Crippen LogP contribution is 2.33. The average Bonchev–Trinajstić information content (AvgIpc) is 2.43. The van der Waals surface area contributed by atoms with Gasteiger partial charge in [0.2, 0.25) is 0 Å². The molecule has 0 aliphatic rings. The van der Waals surface area contributed by atoms with E-state index in [0.29, 0.717) is 16.3 Å². The molecule has 0 bridgehead atoms. The molecule has 5 nitrogen and oxygen atoms in total. The lowest BCUT2D eigenvalue weighted by Gasteiger charge is -2.21. The normalized spacial score (nSPS) is 10.5. The Morgan fingerprint density at radius 1 is 1.18 bits per heavy atom. The van der Waals surface area contributed by atoms with Crippen LogP contribution in [0.4, 0.5) is 5.69 Å². The molecule has 0 amide bonds. The Labute approximate surface area is 136 Å². The number of carboxylic acids is 1. The van der Waals surface area contributed by atoms with Crippen LogP contribution in [0.25, 0.3) is 0 Å². The van der Waals surface area contributed by atoms with E-state index in [4.69, 9.17) is 28.3 Å². The molecule has 0 aromatic heterocycles. The van der Waals surface area contributed by atoms with Gasteiger partial charge in [0, 0.05) is 35.9 Å². The monoisotopic (exact) mass is 341 g/mol. The van der Waals surface area contributed by atoms with E-state index >= 15 is 0 Å². The molecule has 116 valence electrons. The van der Waals surface area contributed by atoms with Gasteiger partial charge in [-0.3, -0.25) is 0 Å². The quantitative estimate of drug-likeness (QED) is 0.789. The first-order valence-electron chi connectivity index (χ1n) is 6.24. The highest BCUT2D eigenvalue weighted by atomic mass is 35.5. The van der Waals surface area contributed by atoms with E-state index in [1.807, 2.05) is 0 Å². The largest absolute Gasteiger partial charge is 0.507 e. The molecule has 0 spiro atoms. The van der Waals surface area contributed by atoms with Crippen molar-refractivity contribution < 1.29 is 20.1 Å². The third-order valence-electron chi connectivity index (χ3n) is 3.17. The summed E-state index contributed by atoms with van der Waals surface area (Å²) in [5.41, 5.74) is 0.922. The Morgan fingerprint density at radius 3 is 2.45 bits per heavy atom. The minimum Gasteiger partial charge on any atom is -0.507 e. The SMILES string of the molecule is CN(Cc1cc(Cl)cc(Cl)c1O)c1ccc(C(=O)O)c(O)c1. The van der Waals surface area contributed by atoms with Crippen molar-refractivity contribution in [2.45, 2.75) is 6.54 Å². The number of rotatable bonds is 4. The summed E-state index contributed by atoms with van der Waals surface area (Å²) in [6.45, 7) is 0.276. The van der Waals surface area contributed by atoms with Crippen molar-refractivity contribution >= 4 is 34.9 Å².